The van der Waals surface area contributed by atoms with Gasteiger partial charge in [0.25, 0.3) is 0 Å². The first-order chi connectivity index (χ1) is 16.1. The van der Waals surface area contributed by atoms with Crippen LogP contribution >= 0.6 is 0 Å². The van der Waals surface area contributed by atoms with Crippen molar-refractivity contribution < 1.29 is 0 Å². The molecule has 0 atom stereocenters. The average molecular weight is 432 g/mol. The highest BCUT2D eigenvalue weighted by Gasteiger charge is 2.17. The van der Waals surface area contributed by atoms with Crippen molar-refractivity contribution in [2.75, 3.05) is 4.90 Å². The molecule has 0 unspecified atom stereocenters. The summed E-state index contributed by atoms with van der Waals surface area (Å²) in [5, 5.41) is 0. The van der Waals surface area contributed by atoms with Crippen LogP contribution in [0.25, 0.3) is 0 Å². The number of fused-ring (bicyclic) bond motifs is 1. The SMILES string of the molecule is CC1(C)C=CC=C(N(c2ccccc2)c2ccc(CCCc3ccc4c(c3)CC4)cc2)C=C1. The van der Waals surface area contributed by atoms with E-state index in [-0.39, 0.29) is 5.41 Å². The summed E-state index contributed by atoms with van der Waals surface area (Å²) in [6.07, 6.45) is 17.2. The fourth-order valence-electron chi connectivity index (χ4n) is 4.69. The van der Waals surface area contributed by atoms with Gasteiger partial charge in [-0.1, -0.05) is 80.6 Å². The van der Waals surface area contributed by atoms with Crippen LogP contribution in [0.15, 0.2) is 109 Å². The van der Waals surface area contributed by atoms with Crippen LogP contribution in [0.4, 0.5) is 11.4 Å². The van der Waals surface area contributed by atoms with Crippen LogP contribution in [-0.2, 0) is 25.7 Å². The van der Waals surface area contributed by atoms with E-state index in [0.29, 0.717) is 0 Å². The lowest BCUT2D eigenvalue weighted by atomic mass is 9.86. The highest BCUT2D eigenvalue weighted by molar-refractivity contribution is 5.70. The summed E-state index contributed by atoms with van der Waals surface area (Å²) in [5.41, 5.74) is 9.62. The molecule has 3 aromatic carbocycles. The van der Waals surface area contributed by atoms with Gasteiger partial charge in [0, 0.05) is 22.5 Å². The first-order valence-electron chi connectivity index (χ1n) is 12.2. The number of nitrogens with zero attached hydrogens (tertiary/aromatic N) is 1. The van der Waals surface area contributed by atoms with E-state index in [2.05, 4.69) is 122 Å². The zero-order chi connectivity index (χ0) is 22.7. The molecule has 0 aliphatic heterocycles. The van der Waals surface area contributed by atoms with Crippen molar-refractivity contribution in [3.05, 3.63) is 131 Å². The highest BCUT2D eigenvalue weighted by Crippen LogP contribution is 2.33. The number of anilines is 2. The normalized spacial score (nSPS) is 15.9. The van der Waals surface area contributed by atoms with E-state index in [1.54, 1.807) is 11.1 Å². The molecule has 0 saturated heterocycles. The van der Waals surface area contributed by atoms with Crippen LogP contribution in [0.2, 0.25) is 0 Å². The van der Waals surface area contributed by atoms with Crippen molar-refractivity contribution in [1.82, 2.24) is 0 Å². The molecule has 0 amide bonds. The predicted molar refractivity (Wildman–Crippen MR) is 141 cm³/mol. The summed E-state index contributed by atoms with van der Waals surface area (Å²) in [4.78, 5) is 2.34. The van der Waals surface area contributed by atoms with E-state index in [9.17, 15) is 0 Å². The Labute approximate surface area is 198 Å². The lowest BCUT2D eigenvalue weighted by molar-refractivity contribution is 0.627. The standard InChI is InChI=1S/C32H33N/c1-32(2)22-7-12-30(21-23-32)33(29-10-4-3-5-11-29)31-19-14-25(15-20-31)8-6-9-26-13-16-27-17-18-28(27)24-26/h3-5,7,10-16,19-24H,6,8-9,17-18H2,1-2H3. The number of hydrogen-bond donors (Lipinski definition) is 0. The average Bonchev–Trinajstić information content (AvgIpc) is 2.98. The van der Waals surface area contributed by atoms with E-state index >= 15 is 0 Å². The monoisotopic (exact) mass is 431 g/mol. The zero-order valence-corrected chi connectivity index (χ0v) is 19.8. The molecule has 2 aliphatic carbocycles. The molecule has 0 saturated carbocycles. The molecule has 0 N–H and O–H groups in total. The fraction of sp³-hybridized carbons (Fsp3) is 0.250. The summed E-state index contributed by atoms with van der Waals surface area (Å²) in [7, 11) is 0. The van der Waals surface area contributed by atoms with Gasteiger partial charge in [-0.2, -0.15) is 0 Å². The van der Waals surface area contributed by atoms with Crippen molar-refractivity contribution in [2.24, 2.45) is 5.41 Å². The molecule has 0 bridgehead atoms. The van der Waals surface area contributed by atoms with Gasteiger partial charge in [-0.25, -0.2) is 0 Å². The maximum atomic E-state index is 2.42. The van der Waals surface area contributed by atoms with Crippen LogP contribution in [0.3, 0.4) is 0 Å². The van der Waals surface area contributed by atoms with Gasteiger partial charge in [-0.3, -0.25) is 0 Å². The third kappa shape index (κ3) is 5.03. The van der Waals surface area contributed by atoms with Crippen LogP contribution in [-0.4, -0.2) is 0 Å². The van der Waals surface area contributed by atoms with Crippen molar-refractivity contribution in [3.63, 3.8) is 0 Å². The molecule has 0 heterocycles. The van der Waals surface area contributed by atoms with E-state index in [4.69, 9.17) is 0 Å². The minimum Gasteiger partial charge on any atom is -0.311 e. The van der Waals surface area contributed by atoms with E-state index in [0.717, 1.165) is 12.8 Å². The van der Waals surface area contributed by atoms with Gasteiger partial charge in [0.1, 0.15) is 0 Å². The summed E-state index contributed by atoms with van der Waals surface area (Å²) >= 11 is 0. The lowest BCUT2D eigenvalue weighted by Crippen LogP contribution is -2.15. The number of aryl methyl sites for hydroxylation is 4. The minimum absolute atomic E-state index is 0.0597. The third-order valence-electron chi connectivity index (χ3n) is 6.81. The summed E-state index contributed by atoms with van der Waals surface area (Å²) in [6, 6.07) is 26.8. The Morgan fingerprint density at radius 1 is 0.727 bits per heavy atom. The second-order valence-corrected chi connectivity index (χ2v) is 9.90. The number of para-hydroxylation sites is 1. The molecule has 33 heavy (non-hydrogen) atoms. The van der Waals surface area contributed by atoms with E-state index in [1.807, 2.05) is 0 Å². The molecule has 0 radical (unpaired) electrons. The smallest absolute Gasteiger partial charge is 0.0461 e. The van der Waals surface area contributed by atoms with Gasteiger partial charge in [-0.15, -0.1) is 0 Å². The van der Waals surface area contributed by atoms with Crippen molar-refractivity contribution in [2.45, 2.75) is 46.0 Å². The molecule has 2 aliphatic rings. The number of rotatable bonds is 7. The third-order valence-corrected chi connectivity index (χ3v) is 6.81. The van der Waals surface area contributed by atoms with E-state index in [1.165, 1.54) is 47.5 Å². The maximum Gasteiger partial charge on any atom is 0.0461 e. The number of allylic oxidation sites excluding steroid dienone is 5. The Kier molecular flexibility index (Phi) is 6.05. The predicted octanol–water partition coefficient (Wildman–Crippen LogP) is 8.13. The Bertz CT molecular complexity index is 1190. The number of benzene rings is 3. The fourth-order valence-corrected chi connectivity index (χ4v) is 4.69. The molecule has 3 aromatic rings. The molecule has 0 spiro atoms. The Morgan fingerprint density at radius 3 is 2.15 bits per heavy atom. The molecule has 5 rings (SSSR count). The largest absolute Gasteiger partial charge is 0.311 e. The summed E-state index contributed by atoms with van der Waals surface area (Å²) in [5.74, 6) is 0. The first-order valence-corrected chi connectivity index (χ1v) is 12.2. The van der Waals surface area contributed by atoms with Gasteiger partial charge in [-0.05, 0) is 90.8 Å². The lowest BCUT2D eigenvalue weighted by Gasteiger charge is -2.26. The highest BCUT2D eigenvalue weighted by atomic mass is 15.1. The van der Waals surface area contributed by atoms with Gasteiger partial charge < -0.3 is 4.90 Å². The van der Waals surface area contributed by atoms with Gasteiger partial charge in [0.05, 0.1) is 0 Å². The molecule has 0 aromatic heterocycles. The quantitative estimate of drug-likeness (QED) is 0.365. The minimum atomic E-state index is 0.0597. The molecular weight excluding hydrogens is 398 g/mol. The van der Waals surface area contributed by atoms with Crippen LogP contribution in [0, 0.1) is 5.41 Å². The second-order valence-electron chi connectivity index (χ2n) is 9.90. The molecular formula is C32H33N. The van der Waals surface area contributed by atoms with Crippen LogP contribution < -0.4 is 4.90 Å². The Hall–Kier alpha value is -3.32. The summed E-state index contributed by atoms with van der Waals surface area (Å²) in [6.45, 7) is 4.47. The van der Waals surface area contributed by atoms with Crippen molar-refractivity contribution in [3.8, 4) is 0 Å². The number of hydrogen-bond acceptors (Lipinski definition) is 1. The molecule has 166 valence electrons. The second kappa shape index (κ2) is 9.27. The maximum absolute atomic E-state index is 2.42. The van der Waals surface area contributed by atoms with Gasteiger partial charge in [0.2, 0.25) is 0 Å². The van der Waals surface area contributed by atoms with Crippen molar-refractivity contribution >= 4 is 11.4 Å². The molecule has 1 nitrogen and oxygen atoms in total. The van der Waals surface area contributed by atoms with Crippen LogP contribution in [0.5, 0.6) is 0 Å². The van der Waals surface area contributed by atoms with Crippen molar-refractivity contribution in [1.29, 1.82) is 0 Å². The Balaban J connectivity index is 1.31. The van der Waals surface area contributed by atoms with Gasteiger partial charge >= 0.3 is 0 Å². The molecule has 0 fully saturated rings. The Morgan fingerprint density at radius 2 is 1.42 bits per heavy atom. The molecule has 1 heteroatoms. The summed E-state index contributed by atoms with van der Waals surface area (Å²) < 4.78 is 0. The topological polar surface area (TPSA) is 3.24 Å². The van der Waals surface area contributed by atoms with E-state index < -0.39 is 0 Å². The zero-order valence-electron chi connectivity index (χ0n) is 19.8. The first kappa shape index (κ1) is 21.5. The van der Waals surface area contributed by atoms with Gasteiger partial charge in [0.15, 0.2) is 0 Å². The van der Waals surface area contributed by atoms with Crippen LogP contribution in [0.1, 0.15) is 42.5 Å².